The fourth-order valence-electron chi connectivity index (χ4n) is 22.3. The molecule has 0 aliphatic heterocycles. The van der Waals surface area contributed by atoms with Gasteiger partial charge in [0.1, 0.15) is 0 Å². The van der Waals surface area contributed by atoms with Crippen molar-refractivity contribution in [2.75, 3.05) is 0 Å². The first kappa shape index (κ1) is 83.5. The molecule has 0 amide bonds. The molecule has 0 radical (unpaired) electrons. The zero-order chi connectivity index (χ0) is 94.7. The lowest BCUT2D eigenvalue weighted by molar-refractivity contribution is 0.666. The number of fused-ring (bicyclic) bond motifs is 23. The van der Waals surface area contributed by atoms with Gasteiger partial charge in [0.15, 0.2) is 29.1 Å². The first-order valence-electron chi connectivity index (χ1n) is 48.8. The highest BCUT2D eigenvalue weighted by Gasteiger charge is 2.37. The Bertz CT molecular complexity index is 9950. The highest BCUT2D eigenvalue weighted by molar-refractivity contribution is 6.26. The van der Waals surface area contributed by atoms with Gasteiger partial charge in [0.25, 0.3) is 0 Å². The van der Waals surface area contributed by atoms with Crippen LogP contribution in [0.2, 0.25) is 0 Å². The first-order valence-corrected chi connectivity index (χ1v) is 48.8. The van der Waals surface area contributed by atoms with E-state index in [2.05, 4.69) is 435 Å². The summed E-state index contributed by atoms with van der Waals surface area (Å²) in [5.74, 6) is 3.44. The summed E-state index contributed by atoms with van der Waals surface area (Å²) in [6, 6.07) is 175. The molecule has 0 bridgehead atoms. The van der Waals surface area contributed by atoms with Gasteiger partial charge in [-0.1, -0.05) is 438 Å². The fourth-order valence-corrected chi connectivity index (χ4v) is 22.3. The van der Waals surface area contributed by atoms with E-state index < -0.39 is 0 Å². The highest BCUT2D eigenvalue weighted by atomic mass is 15.0. The lowest BCUT2D eigenvalue weighted by Gasteiger charge is -2.23. The van der Waals surface area contributed by atoms with Crippen molar-refractivity contribution in [2.24, 2.45) is 0 Å². The second-order valence-corrected chi connectivity index (χ2v) is 37.7. The summed E-state index contributed by atoms with van der Waals surface area (Å²) in [4.78, 5) is 35.6. The lowest BCUT2D eigenvalue weighted by Crippen LogP contribution is -2.15. The van der Waals surface area contributed by atoms with E-state index >= 15 is 0 Å². The minimum Gasteiger partial charge on any atom is -0.309 e. The molecular weight excluding hydrogens is 1740 g/mol. The third-order valence-corrected chi connectivity index (χ3v) is 29.0. The summed E-state index contributed by atoms with van der Waals surface area (Å²) in [5, 5.41) is 24.2. The maximum atomic E-state index is 5.44. The summed E-state index contributed by atoms with van der Waals surface area (Å²) in [7, 11) is 0. The zero-order valence-corrected chi connectivity index (χ0v) is 78.3. The number of aromatic nitrogens is 9. The van der Waals surface area contributed by atoms with Crippen molar-refractivity contribution in [1.82, 2.24) is 44.0 Å². The summed E-state index contributed by atoms with van der Waals surface area (Å²) in [6.07, 6.45) is 0. The molecule has 668 valence electrons. The molecule has 0 saturated heterocycles. The standard InChI is InChI=1S/C48H29N3.C46H29N3.C40H29N3/c1-2-13-34(14-3-1)47-45-37-17-7-5-12-31(37)24-27-41(45)49-48(50-47)39-19-10-15-33-25-28-43-46(44(33)39)38-18-8-9-20-42(38)51(43)35-26-23-32-22-21-30-11-4-6-16-36(30)40(32)29-35;1-2-12-32(13-3-1)44-41-16-6-8-19-42(41)47-46(48-44)33-23-21-31(22-24-33)36-17-10-18-39-37(36)27-28-40-38-15-7-9-20-43(38)49(45(39)40)35-26-25-30-11-4-5-14-34(30)29-35;1-40(2)35-19-10-9-18-33(35)34-23-21-30-24-29(20-22-32(30)36(34)40)28-16-11-17-31(25-28)39-42-37(26-12-5-3-6-13-26)41-38(43-39)27-14-7-4-8-15-27/h1-29H;1-29H;3-25H,1-2H3. The molecule has 1 aliphatic carbocycles. The summed E-state index contributed by atoms with van der Waals surface area (Å²) in [5.41, 5.74) is 28.0. The minimum absolute atomic E-state index is 0.0432. The quantitative estimate of drug-likeness (QED) is 0.119. The molecule has 5 aromatic heterocycles. The summed E-state index contributed by atoms with van der Waals surface area (Å²) in [6.45, 7) is 4.69. The van der Waals surface area contributed by atoms with Crippen molar-refractivity contribution in [3.8, 4) is 124 Å². The van der Waals surface area contributed by atoms with Gasteiger partial charge in [0.2, 0.25) is 0 Å². The molecule has 5 heterocycles. The molecule has 0 atom stereocenters. The van der Waals surface area contributed by atoms with Crippen LogP contribution in [0, 0.1) is 0 Å². The van der Waals surface area contributed by atoms with Crippen LogP contribution in [0.1, 0.15) is 25.0 Å². The van der Waals surface area contributed by atoms with Crippen molar-refractivity contribution in [2.45, 2.75) is 19.3 Å². The number of nitrogens with zero attached hydrogens (tertiary/aromatic N) is 9. The molecule has 0 spiro atoms. The van der Waals surface area contributed by atoms with E-state index in [0.29, 0.717) is 17.5 Å². The van der Waals surface area contributed by atoms with E-state index in [1.165, 1.54) is 131 Å². The average molecular weight is 1820 g/mol. The molecule has 0 unspecified atom stereocenters. The topological polar surface area (TPSA) is 100 Å². The highest BCUT2D eigenvalue weighted by Crippen LogP contribution is 2.53. The zero-order valence-electron chi connectivity index (χ0n) is 78.3. The molecule has 0 fully saturated rings. The molecule has 29 rings (SSSR count). The van der Waals surface area contributed by atoms with Crippen LogP contribution in [0.3, 0.4) is 0 Å². The maximum absolute atomic E-state index is 5.44. The van der Waals surface area contributed by atoms with E-state index in [1.807, 2.05) is 78.9 Å². The predicted octanol–water partition coefficient (Wildman–Crippen LogP) is 34.7. The average Bonchev–Trinajstić information content (AvgIpc) is 1.59. The smallest absolute Gasteiger partial charge is 0.164 e. The van der Waals surface area contributed by atoms with Gasteiger partial charge >= 0.3 is 0 Å². The van der Waals surface area contributed by atoms with Gasteiger partial charge in [-0.15, -0.1) is 0 Å². The van der Waals surface area contributed by atoms with Crippen molar-refractivity contribution in [3.63, 3.8) is 0 Å². The summed E-state index contributed by atoms with van der Waals surface area (Å²) >= 11 is 0. The molecule has 28 aromatic rings. The van der Waals surface area contributed by atoms with Gasteiger partial charge in [-0.3, -0.25) is 0 Å². The van der Waals surface area contributed by atoms with Gasteiger partial charge in [0.05, 0.1) is 44.5 Å². The minimum atomic E-state index is -0.0432. The molecule has 1 aliphatic rings. The first-order chi connectivity index (χ1) is 70.7. The number of hydrogen-bond donors (Lipinski definition) is 0. The van der Waals surface area contributed by atoms with E-state index in [-0.39, 0.29) is 5.41 Å². The predicted molar refractivity (Wildman–Crippen MR) is 597 cm³/mol. The molecule has 0 saturated carbocycles. The fraction of sp³-hybridized carbons (Fsp3) is 0.0224. The van der Waals surface area contributed by atoms with E-state index in [0.717, 1.165) is 128 Å². The largest absolute Gasteiger partial charge is 0.309 e. The van der Waals surface area contributed by atoms with E-state index in [9.17, 15) is 0 Å². The van der Waals surface area contributed by atoms with Crippen LogP contribution in [-0.4, -0.2) is 44.0 Å². The Hall–Kier alpha value is -18.8. The number of para-hydroxylation sites is 3. The van der Waals surface area contributed by atoms with E-state index in [1.54, 1.807) is 0 Å². The second kappa shape index (κ2) is 34.4. The Morgan fingerprint density at radius 3 is 1.38 bits per heavy atom. The Morgan fingerprint density at radius 2 is 0.636 bits per heavy atom. The van der Waals surface area contributed by atoms with Crippen molar-refractivity contribution in [3.05, 3.63) is 503 Å². The lowest BCUT2D eigenvalue weighted by atomic mass is 9.80. The third kappa shape index (κ3) is 14.4. The van der Waals surface area contributed by atoms with Crippen LogP contribution in [0.15, 0.2) is 491 Å². The summed E-state index contributed by atoms with van der Waals surface area (Å²) < 4.78 is 4.86. The Morgan fingerprint density at radius 1 is 0.182 bits per heavy atom. The van der Waals surface area contributed by atoms with Crippen LogP contribution in [0.25, 0.3) is 265 Å². The van der Waals surface area contributed by atoms with Crippen LogP contribution in [0.5, 0.6) is 0 Å². The monoisotopic (exact) mass is 1820 g/mol. The van der Waals surface area contributed by atoms with Crippen LogP contribution in [-0.2, 0) is 5.41 Å². The molecule has 9 nitrogen and oxygen atoms in total. The Balaban J connectivity index is 0.000000107. The Labute approximate surface area is 825 Å². The van der Waals surface area contributed by atoms with Gasteiger partial charge in [0, 0.05) is 98.8 Å². The van der Waals surface area contributed by atoms with Crippen molar-refractivity contribution in [1.29, 1.82) is 0 Å². The number of benzene rings is 23. The number of rotatable bonds is 11. The van der Waals surface area contributed by atoms with Gasteiger partial charge in [-0.25, -0.2) is 34.9 Å². The van der Waals surface area contributed by atoms with Gasteiger partial charge in [-0.05, 0) is 176 Å². The normalized spacial score (nSPS) is 12.2. The van der Waals surface area contributed by atoms with Gasteiger partial charge < -0.3 is 9.13 Å². The van der Waals surface area contributed by atoms with Crippen molar-refractivity contribution >= 4 is 141 Å². The molecule has 23 aromatic carbocycles. The SMILES string of the molecule is CC1(C)c2ccccc2-c2ccc3cc(-c4cccc(-c5nc(-c6ccccc6)nc(-c6ccccc6)n5)c4)ccc3c21.c1ccc(-c2nc(-c3ccc(-c4cccc5c4ccc4c6ccccc6n(-c6ccc7ccccc7c6)c54)cc3)nc3ccccc23)cc1.c1ccc(-c2nc(-c3cccc4ccc5c(c6ccccc6n5-c5ccc6ccc7ccccc7c6c5)c34)nc3ccc4ccccc4c23)cc1. The molecule has 9 heteroatoms. The molecule has 143 heavy (non-hydrogen) atoms. The second-order valence-electron chi connectivity index (χ2n) is 37.7. The third-order valence-electron chi connectivity index (χ3n) is 29.0. The van der Waals surface area contributed by atoms with E-state index in [4.69, 9.17) is 34.9 Å². The van der Waals surface area contributed by atoms with Crippen LogP contribution >= 0.6 is 0 Å². The maximum Gasteiger partial charge on any atom is 0.164 e. The van der Waals surface area contributed by atoms with Crippen molar-refractivity contribution < 1.29 is 0 Å². The molecular formula is C134H87N9. The Kier molecular flexibility index (Phi) is 20.1. The van der Waals surface area contributed by atoms with Crippen LogP contribution in [0.4, 0.5) is 0 Å². The van der Waals surface area contributed by atoms with Gasteiger partial charge in [-0.2, -0.15) is 0 Å². The molecule has 0 N–H and O–H groups in total. The number of hydrogen-bond acceptors (Lipinski definition) is 7. The van der Waals surface area contributed by atoms with Crippen LogP contribution < -0.4 is 0 Å².